The highest BCUT2D eigenvalue weighted by Crippen LogP contribution is 2.27. The van der Waals surface area contributed by atoms with Crippen LogP contribution in [0.5, 0.6) is 0 Å². The fourth-order valence-electron chi connectivity index (χ4n) is 1.56. The number of hydrogen-bond acceptors (Lipinski definition) is 4. The van der Waals surface area contributed by atoms with Crippen LogP contribution in [0.1, 0.15) is 12.5 Å². The lowest BCUT2D eigenvalue weighted by Crippen LogP contribution is -2.17. The maximum atomic E-state index is 13.9. The summed E-state index contributed by atoms with van der Waals surface area (Å²) in [5, 5.41) is 0.538. The van der Waals surface area contributed by atoms with Crippen molar-refractivity contribution in [3.05, 3.63) is 48.0 Å². The first kappa shape index (κ1) is 13.0. The van der Waals surface area contributed by atoms with Gasteiger partial charge >= 0.3 is 0 Å². The van der Waals surface area contributed by atoms with E-state index in [4.69, 9.17) is 5.73 Å². The zero-order valence-electron chi connectivity index (χ0n) is 10.0. The van der Waals surface area contributed by atoms with E-state index in [-0.39, 0.29) is 11.9 Å². The van der Waals surface area contributed by atoms with E-state index in [0.717, 1.165) is 5.56 Å². The number of nitrogens with zero attached hydrogens (tertiary/aromatic N) is 2. The van der Waals surface area contributed by atoms with Crippen molar-refractivity contribution in [1.82, 2.24) is 9.97 Å². The summed E-state index contributed by atoms with van der Waals surface area (Å²) in [5.41, 5.74) is 6.59. The van der Waals surface area contributed by atoms with Crippen molar-refractivity contribution in [2.45, 2.75) is 29.4 Å². The number of halogens is 1. The summed E-state index contributed by atoms with van der Waals surface area (Å²) in [4.78, 5) is 8.63. The maximum Gasteiger partial charge on any atom is 0.192 e. The summed E-state index contributed by atoms with van der Waals surface area (Å²) >= 11 is 1.21. The van der Waals surface area contributed by atoms with Crippen LogP contribution in [0.2, 0.25) is 0 Å². The van der Waals surface area contributed by atoms with Crippen LogP contribution in [0.25, 0.3) is 0 Å². The van der Waals surface area contributed by atoms with Gasteiger partial charge < -0.3 is 5.73 Å². The van der Waals surface area contributed by atoms with Gasteiger partial charge in [0.15, 0.2) is 5.16 Å². The molecule has 0 aliphatic carbocycles. The van der Waals surface area contributed by atoms with E-state index in [0.29, 0.717) is 16.5 Å². The van der Waals surface area contributed by atoms with E-state index in [2.05, 4.69) is 9.97 Å². The van der Waals surface area contributed by atoms with Crippen LogP contribution < -0.4 is 5.73 Å². The number of rotatable bonds is 4. The third kappa shape index (κ3) is 3.51. The molecule has 0 aliphatic rings. The summed E-state index contributed by atoms with van der Waals surface area (Å²) in [6, 6.07) is 6.91. The molecule has 18 heavy (non-hydrogen) atoms. The van der Waals surface area contributed by atoms with E-state index in [1.54, 1.807) is 24.5 Å². The highest BCUT2D eigenvalue weighted by molar-refractivity contribution is 7.99. The van der Waals surface area contributed by atoms with Crippen molar-refractivity contribution in [2.24, 2.45) is 5.73 Å². The molecule has 1 aromatic heterocycles. The molecule has 94 valence electrons. The van der Waals surface area contributed by atoms with E-state index in [9.17, 15) is 4.39 Å². The van der Waals surface area contributed by atoms with Crippen LogP contribution in [0, 0.1) is 5.82 Å². The monoisotopic (exact) mass is 263 g/mol. The van der Waals surface area contributed by atoms with Gasteiger partial charge in [0.1, 0.15) is 5.82 Å². The Kier molecular flexibility index (Phi) is 4.28. The summed E-state index contributed by atoms with van der Waals surface area (Å²) in [5.74, 6) is -0.259. The molecule has 1 atom stereocenters. The molecule has 0 amide bonds. The smallest absolute Gasteiger partial charge is 0.192 e. The van der Waals surface area contributed by atoms with Gasteiger partial charge in [0, 0.05) is 18.4 Å². The molecule has 1 heterocycles. The lowest BCUT2D eigenvalue weighted by Gasteiger charge is -2.07. The molecule has 3 nitrogen and oxygen atoms in total. The third-order valence-electron chi connectivity index (χ3n) is 2.30. The molecule has 0 saturated carbocycles. The summed E-state index contributed by atoms with van der Waals surface area (Å²) in [7, 11) is 0. The van der Waals surface area contributed by atoms with Crippen molar-refractivity contribution in [1.29, 1.82) is 0 Å². The van der Waals surface area contributed by atoms with Crippen molar-refractivity contribution in [2.75, 3.05) is 0 Å². The van der Waals surface area contributed by atoms with E-state index in [1.165, 1.54) is 17.8 Å². The van der Waals surface area contributed by atoms with Crippen molar-refractivity contribution in [3.8, 4) is 0 Å². The van der Waals surface area contributed by atoms with Gasteiger partial charge in [-0.25, -0.2) is 14.4 Å². The van der Waals surface area contributed by atoms with Gasteiger partial charge in [0.2, 0.25) is 0 Å². The van der Waals surface area contributed by atoms with Crippen molar-refractivity contribution in [3.63, 3.8) is 0 Å². The molecule has 2 aromatic rings. The minimum Gasteiger partial charge on any atom is -0.328 e. The van der Waals surface area contributed by atoms with Crippen molar-refractivity contribution < 1.29 is 4.39 Å². The maximum absolute atomic E-state index is 13.9. The number of hydrogen-bond donors (Lipinski definition) is 1. The average molecular weight is 263 g/mol. The van der Waals surface area contributed by atoms with Gasteiger partial charge in [-0.05, 0) is 48.9 Å². The molecule has 1 aromatic carbocycles. The third-order valence-corrected chi connectivity index (χ3v) is 3.24. The van der Waals surface area contributed by atoms with Gasteiger partial charge in [-0.2, -0.15) is 0 Å². The van der Waals surface area contributed by atoms with Crippen LogP contribution in [-0.4, -0.2) is 16.0 Å². The minimum atomic E-state index is -0.259. The molecule has 0 fully saturated rings. The first-order valence-electron chi connectivity index (χ1n) is 5.64. The quantitative estimate of drug-likeness (QED) is 0.862. The molecule has 0 saturated heterocycles. The Hall–Kier alpha value is -1.46. The van der Waals surface area contributed by atoms with Gasteiger partial charge in [-0.3, -0.25) is 0 Å². The standard InChI is InChI=1S/C13H14FN3S/c1-9(15)7-10-3-4-12(11(14)8-10)18-13-16-5-2-6-17-13/h2-6,8-9H,7,15H2,1H3. The normalized spacial score (nSPS) is 12.4. The minimum absolute atomic E-state index is 0.0281. The molecule has 0 radical (unpaired) electrons. The Morgan fingerprint density at radius 1 is 1.33 bits per heavy atom. The molecule has 0 bridgehead atoms. The first-order chi connectivity index (χ1) is 8.65. The SMILES string of the molecule is CC(N)Cc1ccc(Sc2ncccn2)c(F)c1. The zero-order valence-corrected chi connectivity index (χ0v) is 10.8. The topological polar surface area (TPSA) is 51.8 Å². The highest BCUT2D eigenvalue weighted by Gasteiger charge is 2.08. The van der Waals surface area contributed by atoms with Gasteiger partial charge in [0.25, 0.3) is 0 Å². The second-order valence-electron chi connectivity index (χ2n) is 4.08. The van der Waals surface area contributed by atoms with Crippen LogP contribution >= 0.6 is 11.8 Å². The fraction of sp³-hybridized carbons (Fsp3) is 0.231. The average Bonchev–Trinajstić information content (AvgIpc) is 2.33. The molecular formula is C13H14FN3S. The van der Waals surface area contributed by atoms with Crippen LogP contribution in [0.4, 0.5) is 4.39 Å². The molecule has 5 heteroatoms. The van der Waals surface area contributed by atoms with E-state index in [1.807, 2.05) is 13.0 Å². The predicted molar refractivity (Wildman–Crippen MR) is 69.9 cm³/mol. The summed E-state index contributed by atoms with van der Waals surface area (Å²) in [6.45, 7) is 1.90. The molecule has 1 unspecified atom stereocenters. The largest absolute Gasteiger partial charge is 0.328 e. The van der Waals surface area contributed by atoms with Gasteiger partial charge in [0.05, 0.1) is 4.90 Å². The van der Waals surface area contributed by atoms with Crippen LogP contribution in [-0.2, 0) is 6.42 Å². The molecular weight excluding hydrogens is 249 g/mol. The van der Waals surface area contributed by atoms with E-state index >= 15 is 0 Å². The molecule has 0 spiro atoms. The lowest BCUT2D eigenvalue weighted by molar-refractivity contribution is 0.597. The summed E-state index contributed by atoms with van der Waals surface area (Å²) < 4.78 is 13.9. The molecule has 0 aliphatic heterocycles. The van der Waals surface area contributed by atoms with Crippen LogP contribution in [0.15, 0.2) is 46.7 Å². The highest BCUT2D eigenvalue weighted by atomic mass is 32.2. The predicted octanol–water partition coefficient (Wildman–Crippen LogP) is 2.66. The first-order valence-corrected chi connectivity index (χ1v) is 6.45. The Labute approximate surface area is 110 Å². The number of aromatic nitrogens is 2. The lowest BCUT2D eigenvalue weighted by atomic mass is 10.1. The van der Waals surface area contributed by atoms with E-state index < -0.39 is 0 Å². The fourth-order valence-corrected chi connectivity index (χ4v) is 2.28. The Bertz CT molecular complexity index is 517. The second-order valence-corrected chi connectivity index (χ2v) is 5.09. The van der Waals surface area contributed by atoms with Gasteiger partial charge in [-0.1, -0.05) is 6.07 Å². The number of nitrogens with two attached hydrogens (primary N) is 1. The Morgan fingerprint density at radius 3 is 2.67 bits per heavy atom. The molecule has 2 rings (SSSR count). The number of benzene rings is 1. The summed E-state index contributed by atoms with van der Waals surface area (Å²) in [6.07, 6.45) is 3.94. The zero-order chi connectivity index (χ0) is 13.0. The van der Waals surface area contributed by atoms with Crippen molar-refractivity contribution >= 4 is 11.8 Å². The Morgan fingerprint density at radius 2 is 2.06 bits per heavy atom. The second kappa shape index (κ2) is 5.93. The molecule has 2 N–H and O–H groups in total. The van der Waals surface area contributed by atoms with Crippen LogP contribution in [0.3, 0.4) is 0 Å². The Balaban J connectivity index is 2.15. The van der Waals surface area contributed by atoms with Gasteiger partial charge in [-0.15, -0.1) is 0 Å².